The predicted octanol–water partition coefficient (Wildman–Crippen LogP) is 0.331. The number of rotatable bonds is 4. The standard InChI is InChI=1S/C16H25N5O2/c1-11(20(3)12-4-5-12)8-17-16(23)21-7-6-13-14(9-21)18-10-19(2)15(13)22/h10-12H,4-9H2,1-3H3,(H,17,23). The molecular weight excluding hydrogens is 294 g/mol. The molecule has 7 heteroatoms. The van der Waals surface area contributed by atoms with Crippen molar-refractivity contribution in [2.75, 3.05) is 20.1 Å². The fourth-order valence-electron chi connectivity index (χ4n) is 3.02. The normalized spacial score (nSPS) is 18.7. The highest BCUT2D eigenvalue weighted by Crippen LogP contribution is 2.26. The van der Waals surface area contributed by atoms with Gasteiger partial charge in [0.25, 0.3) is 5.56 Å². The van der Waals surface area contributed by atoms with Crippen molar-refractivity contribution >= 4 is 6.03 Å². The lowest BCUT2D eigenvalue weighted by Gasteiger charge is -2.30. The fraction of sp³-hybridized carbons (Fsp3) is 0.688. The summed E-state index contributed by atoms with van der Waals surface area (Å²) in [6.45, 7) is 3.74. The number of carbonyl (C=O) groups excluding carboxylic acids is 1. The molecule has 1 aliphatic heterocycles. The summed E-state index contributed by atoms with van der Waals surface area (Å²) in [6, 6.07) is 0.937. The Morgan fingerprint density at radius 2 is 2.26 bits per heavy atom. The van der Waals surface area contributed by atoms with E-state index >= 15 is 0 Å². The number of nitrogens with one attached hydrogen (secondary N) is 1. The number of hydrogen-bond donors (Lipinski definition) is 1. The van der Waals surface area contributed by atoms with Crippen LogP contribution >= 0.6 is 0 Å². The second-order valence-electron chi connectivity index (χ2n) is 6.69. The maximum absolute atomic E-state index is 12.4. The molecule has 2 amide bonds. The van der Waals surface area contributed by atoms with E-state index in [9.17, 15) is 9.59 Å². The lowest BCUT2D eigenvalue weighted by atomic mass is 10.1. The van der Waals surface area contributed by atoms with E-state index in [-0.39, 0.29) is 11.6 Å². The molecule has 1 aromatic heterocycles. The number of fused-ring (bicyclic) bond motifs is 1. The number of hydrogen-bond acceptors (Lipinski definition) is 4. The van der Waals surface area contributed by atoms with E-state index in [1.165, 1.54) is 23.7 Å². The molecular formula is C16H25N5O2. The van der Waals surface area contributed by atoms with E-state index in [2.05, 4.69) is 29.2 Å². The van der Waals surface area contributed by atoms with Gasteiger partial charge in [-0.3, -0.25) is 9.69 Å². The maximum Gasteiger partial charge on any atom is 0.317 e. The third-order valence-electron chi connectivity index (χ3n) is 4.94. The first-order valence-electron chi connectivity index (χ1n) is 8.25. The van der Waals surface area contributed by atoms with Gasteiger partial charge in [-0.15, -0.1) is 0 Å². The first-order chi connectivity index (χ1) is 11.0. The molecule has 1 N–H and O–H groups in total. The topological polar surface area (TPSA) is 70.5 Å². The van der Waals surface area contributed by atoms with Gasteiger partial charge in [0.05, 0.1) is 18.6 Å². The third-order valence-corrected chi connectivity index (χ3v) is 4.94. The molecule has 23 heavy (non-hydrogen) atoms. The Hall–Kier alpha value is -1.89. The van der Waals surface area contributed by atoms with Crippen LogP contribution in [0.5, 0.6) is 0 Å². The van der Waals surface area contributed by atoms with Gasteiger partial charge in [0.15, 0.2) is 0 Å². The summed E-state index contributed by atoms with van der Waals surface area (Å²) < 4.78 is 1.49. The quantitative estimate of drug-likeness (QED) is 0.868. The van der Waals surface area contributed by atoms with Crippen molar-refractivity contribution in [2.45, 2.75) is 44.8 Å². The zero-order valence-electron chi connectivity index (χ0n) is 14.1. The minimum Gasteiger partial charge on any atom is -0.336 e. The Balaban J connectivity index is 1.56. The van der Waals surface area contributed by atoms with Crippen molar-refractivity contribution in [3.05, 3.63) is 27.9 Å². The number of urea groups is 1. The van der Waals surface area contributed by atoms with E-state index in [4.69, 9.17) is 0 Å². The van der Waals surface area contributed by atoms with Gasteiger partial charge in [-0.2, -0.15) is 0 Å². The SMILES string of the molecule is CC(CNC(=O)N1CCc2c(ncn(C)c2=O)C1)N(C)C1CC1. The van der Waals surface area contributed by atoms with Crippen LogP contribution < -0.4 is 10.9 Å². The summed E-state index contributed by atoms with van der Waals surface area (Å²) in [5.74, 6) is 0. The summed E-state index contributed by atoms with van der Waals surface area (Å²) in [5, 5.41) is 3.01. The van der Waals surface area contributed by atoms with Crippen LogP contribution in [-0.4, -0.2) is 57.6 Å². The summed E-state index contributed by atoms with van der Waals surface area (Å²) in [6.07, 6.45) is 4.62. The summed E-state index contributed by atoms with van der Waals surface area (Å²) in [7, 11) is 3.82. The zero-order chi connectivity index (χ0) is 16.6. The van der Waals surface area contributed by atoms with Crippen molar-refractivity contribution in [3.8, 4) is 0 Å². The Morgan fingerprint density at radius 1 is 1.52 bits per heavy atom. The van der Waals surface area contributed by atoms with E-state index in [1.54, 1.807) is 11.9 Å². The molecule has 126 valence electrons. The Kier molecular flexibility index (Phi) is 4.39. The van der Waals surface area contributed by atoms with Crippen molar-refractivity contribution in [3.63, 3.8) is 0 Å². The number of amides is 2. The maximum atomic E-state index is 12.4. The molecule has 1 unspecified atom stereocenters. The fourth-order valence-corrected chi connectivity index (χ4v) is 3.02. The molecule has 1 fully saturated rings. The monoisotopic (exact) mass is 319 g/mol. The minimum atomic E-state index is -0.0748. The number of aromatic nitrogens is 2. The van der Waals surface area contributed by atoms with Crippen molar-refractivity contribution in [1.29, 1.82) is 0 Å². The van der Waals surface area contributed by atoms with Gasteiger partial charge < -0.3 is 14.8 Å². The minimum absolute atomic E-state index is 0.00487. The van der Waals surface area contributed by atoms with Crippen LogP contribution in [0.15, 0.2) is 11.1 Å². The Bertz CT molecular complexity index is 652. The average molecular weight is 319 g/mol. The molecule has 1 aromatic rings. The van der Waals surface area contributed by atoms with E-state index in [0.29, 0.717) is 38.1 Å². The highest BCUT2D eigenvalue weighted by molar-refractivity contribution is 5.74. The molecule has 2 aliphatic rings. The smallest absolute Gasteiger partial charge is 0.317 e. The van der Waals surface area contributed by atoms with E-state index < -0.39 is 0 Å². The number of likely N-dealkylation sites (N-methyl/N-ethyl adjacent to an activating group) is 1. The first-order valence-corrected chi connectivity index (χ1v) is 8.25. The summed E-state index contributed by atoms with van der Waals surface area (Å²) in [4.78, 5) is 32.8. The van der Waals surface area contributed by atoms with Crippen LogP contribution in [0.25, 0.3) is 0 Å². The van der Waals surface area contributed by atoms with Gasteiger partial charge >= 0.3 is 6.03 Å². The predicted molar refractivity (Wildman–Crippen MR) is 87.2 cm³/mol. The van der Waals surface area contributed by atoms with Crippen LogP contribution in [0.2, 0.25) is 0 Å². The highest BCUT2D eigenvalue weighted by atomic mass is 16.2. The number of nitrogens with zero attached hydrogens (tertiary/aromatic N) is 4. The molecule has 0 spiro atoms. The van der Waals surface area contributed by atoms with E-state index in [0.717, 1.165) is 11.3 Å². The average Bonchev–Trinajstić information content (AvgIpc) is 3.39. The lowest BCUT2D eigenvalue weighted by Crippen LogP contribution is -2.48. The molecule has 0 radical (unpaired) electrons. The van der Waals surface area contributed by atoms with Crippen LogP contribution in [0.4, 0.5) is 4.79 Å². The van der Waals surface area contributed by atoms with Crippen LogP contribution in [0.3, 0.4) is 0 Å². The molecule has 7 nitrogen and oxygen atoms in total. The van der Waals surface area contributed by atoms with Gasteiger partial charge in [0, 0.05) is 37.8 Å². The first kappa shape index (κ1) is 16.0. The molecule has 2 heterocycles. The van der Waals surface area contributed by atoms with E-state index in [1.807, 2.05) is 0 Å². The Morgan fingerprint density at radius 3 is 2.96 bits per heavy atom. The molecule has 0 saturated heterocycles. The van der Waals surface area contributed by atoms with Gasteiger partial charge in [-0.1, -0.05) is 0 Å². The van der Waals surface area contributed by atoms with Crippen molar-refractivity contribution in [1.82, 2.24) is 24.7 Å². The molecule has 0 aromatic carbocycles. The molecule has 1 aliphatic carbocycles. The summed E-state index contributed by atoms with van der Waals surface area (Å²) in [5.41, 5.74) is 1.45. The van der Waals surface area contributed by atoms with Crippen LogP contribution in [-0.2, 0) is 20.0 Å². The van der Waals surface area contributed by atoms with Crippen molar-refractivity contribution in [2.24, 2.45) is 7.05 Å². The second kappa shape index (κ2) is 6.31. The highest BCUT2D eigenvalue weighted by Gasteiger charge is 2.30. The van der Waals surface area contributed by atoms with Gasteiger partial charge in [-0.05, 0) is 33.2 Å². The largest absolute Gasteiger partial charge is 0.336 e. The van der Waals surface area contributed by atoms with Gasteiger partial charge in [0.2, 0.25) is 0 Å². The Labute approximate surface area is 136 Å². The third kappa shape index (κ3) is 3.39. The number of aryl methyl sites for hydroxylation is 1. The lowest BCUT2D eigenvalue weighted by molar-refractivity contribution is 0.183. The zero-order valence-corrected chi connectivity index (χ0v) is 14.1. The number of carbonyl (C=O) groups is 1. The molecule has 1 atom stereocenters. The molecule has 3 rings (SSSR count). The molecule has 1 saturated carbocycles. The van der Waals surface area contributed by atoms with Gasteiger partial charge in [-0.25, -0.2) is 9.78 Å². The van der Waals surface area contributed by atoms with Crippen molar-refractivity contribution < 1.29 is 4.79 Å². The molecule has 0 bridgehead atoms. The summed E-state index contributed by atoms with van der Waals surface area (Å²) >= 11 is 0. The van der Waals surface area contributed by atoms with Crippen LogP contribution in [0, 0.1) is 0 Å². The van der Waals surface area contributed by atoms with Gasteiger partial charge in [0.1, 0.15) is 0 Å². The van der Waals surface area contributed by atoms with Crippen LogP contribution in [0.1, 0.15) is 31.0 Å². The second-order valence-corrected chi connectivity index (χ2v) is 6.69.